The summed E-state index contributed by atoms with van der Waals surface area (Å²) in [6, 6.07) is 13.1. The predicted octanol–water partition coefficient (Wildman–Crippen LogP) is 5.37. The molecule has 22 heavy (non-hydrogen) atoms. The zero-order valence-electron chi connectivity index (χ0n) is 12.1. The number of fused-ring (bicyclic) bond motifs is 1. The van der Waals surface area contributed by atoms with Gasteiger partial charge in [-0.2, -0.15) is 0 Å². The van der Waals surface area contributed by atoms with E-state index < -0.39 is 0 Å². The molecule has 1 N–H and O–H groups in total. The van der Waals surface area contributed by atoms with Gasteiger partial charge in [0, 0.05) is 21.5 Å². The van der Waals surface area contributed by atoms with Crippen molar-refractivity contribution in [3.8, 4) is 0 Å². The number of halogens is 1. The van der Waals surface area contributed by atoms with Crippen LogP contribution in [0.15, 0.2) is 51.8 Å². The third-order valence-electron chi connectivity index (χ3n) is 3.47. The Labute approximate surface area is 137 Å². The summed E-state index contributed by atoms with van der Waals surface area (Å²) in [4.78, 5) is 13.6. The Morgan fingerprint density at radius 3 is 2.55 bits per heavy atom. The van der Waals surface area contributed by atoms with E-state index in [0.717, 1.165) is 21.5 Å². The highest BCUT2D eigenvalue weighted by Gasteiger charge is 2.19. The molecule has 0 saturated heterocycles. The van der Waals surface area contributed by atoms with Crippen LogP contribution in [0.5, 0.6) is 0 Å². The highest BCUT2D eigenvalue weighted by Crippen LogP contribution is 2.31. The maximum absolute atomic E-state index is 12.4. The van der Waals surface area contributed by atoms with Gasteiger partial charge in [0.25, 0.3) is 5.91 Å². The third kappa shape index (κ3) is 2.72. The molecule has 3 nitrogen and oxygen atoms in total. The van der Waals surface area contributed by atoms with Crippen molar-refractivity contribution in [1.82, 2.24) is 0 Å². The molecule has 1 heterocycles. The van der Waals surface area contributed by atoms with E-state index in [1.54, 1.807) is 17.8 Å². The number of furan rings is 1. The summed E-state index contributed by atoms with van der Waals surface area (Å²) in [5, 5.41) is 4.21. The number of benzene rings is 2. The zero-order chi connectivity index (χ0) is 15.7. The molecule has 0 fully saturated rings. The minimum absolute atomic E-state index is 0.276. The fourth-order valence-corrected chi connectivity index (χ4v) is 2.91. The molecule has 3 aromatic rings. The molecule has 0 aliphatic carbocycles. The van der Waals surface area contributed by atoms with Crippen molar-refractivity contribution in [2.24, 2.45) is 0 Å². The fourth-order valence-electron chi connectivity index (χ4n) is 2.29. The Balaban J connectivity index is 1.91. The van der Waals surface area contributed by atoms with Crippen molar-refractivity contribution >= 4 is 45.9 Å². The van der Waals surface area contributed by atoms with Crippen molar-refractivity contribution in [2.45, 2.75) is 11.8 Å². The zero-order valence-corrected chi connectivity index (χ0v) is 13.7. The van der Waals surface area contributed by atoms with Crippen molar-refractivity contribution in [2.75, 3.05) is 11.6 Å². The van der Waals surface area contributed by atoms with Crippen LogP contribution in [0.1, 0.15) is 16.1 Å². The van der Waals surface area contributed by atoms with Gasteiger partial charge in [-0.1, -0.05) is 23.7 Å². The molecule has 0 unspecified atom stereocenters. The quantitative estimate of drug-likeness (QED) is 0.656. The van der Waals surface area contributed by atoms with Crippen LogP contribution in [0.2, 0.25) is 5.02 Å². The van der Waals surface area contributed by atoms with Gasteiger partial charge in [0.1, 0.15) is 0 Å². The molecule has 0 atom stereocenters. The lowest BCUT2D eigenvalue weighted by Gasteiger charge is -2.04. The van der Waals surface area contributed by atoms with E-state index >= 15 is 0 Å². The molecule has 5 heteroatoms. The Kier molecular flexibility index (Phi) is 4.14. The van der Waals surface area contributed by atoms with Gasteiger partial charge < -0.3 is 9.73 Å². The first-order chi connectivity index (χ1) is 10.6. The first-order valence-corrected chi connectivity index (χ1v) is 8.33. The van der Waals surface area contributed by atoms with E-state index in [2.05, 4.69) is 5.32 Å². The van der Waals surface area contributed by atoms with Gasteiger partial charge in [0.05, 0.1) is 5.02 Å². The van der Waals surface area contributed by atoms with Crippen molar-refractivity contribution in [3.63, 3.8) is 0 Å². The van der Waals surface area contributed by atoms with E-state index in [1.807, 2.05) is 49.6 Å². The van der Waals surface area contributed by atoms with Gasteiger partial charge in [-0.25, -0.2) is 0 Å². The smallest absolute Gasteiger partial charge is 0.291 e. The molecule has 0 aliphatic rings. The number of rotatable bonds is 3. The molecule has 2 aromatic carbocycles. The van der Waals surface area contributed by atoms with E-state index in [9.17, 15) is 4.79 Å². The number of anilines is 1. The largest absolute Gasteiger partial charge is 0.449 e. The highest BCUT2D eigenvalue weighted by atomic mass is 35.5. The molecule has 1 aromatic heterocycles. The molecule has 0 saturated carbocycles. The number of carbonyl (C=O) groups is 1. The van der Waals surface area contributed by atoms with Crippen molar-refractivity contribution in [3.05, 3.63) is 58.8 Å². The minimum atomic E-state index is -0.276. The fraction of sp³-hybridized carbons (Fsp3) is 0.118. The van der Waals surface area contributed by atoms with Gasteiger partial charge in [-0.15, -0.1) is 11.8 Å². The molecule has 112 valence electrons. The number of thioether (sulfide) groups is 1. The second-order valence-electron chi connectivity index (χ2n) is 4.86. The number of aryl methyl sites for hydroxylation is 1. The van der Waals surface area contributed by atoms with Gasteiger partial charge in [0.2, 0.25) is 0 Å². The average molecular weight is 332 g/mol. The van der Waals surface area contributed by atoms with Crippen LogP contribution in [0.4, 0.5) is 5.69 Å². The lowest BCUT2D eigenvalue weighted by atomic mass is 10.1. The maximum Gasteiger partial charge on any atom is 0.291 e. The van der Waals surface area contributed by atoms with Gasteiger partial charge in [0.15, 0.2) is 11.3 Å². The number of amides is 1. The lowest BCUT2D eigenvalue weighted by Crippen LogP contribution is -2.11. The van der Waals surface area contributed by atoms with E-state index in [4.69, 9.17) is 16.0 Å². The number of carbonyl (C=O) groups excluding carboxylic acids is 1. The molecule has 1 amide bonds. The van der Waals surface area contributed by atoms with Crippen LogP contribution < -0.4 is 5.32 Å². The first-order valence-electron chi connectivity index (χ1n) is 6.73. The lowest BCUT2D eigenvalue weighted by molar-refractivity contribution is 0.0998. The van der Waals surface area contributed by atoms with E-state index in [0.29, 0.717) is 10.6 Å². The summed E-state index contributed by atoms with van der Waals surface area (Å²) in [6.45, 7) is 1.86. The van der Waals surface area contributed by atoms with E-state index in [1.165, 1.54) is 0 Å². The van der Waals surface area contributed by atoms with Crippen LogP contribution >= 0.6 is 23.4 Å². The standard InChI is InChI=1S/C17H14ClNO2S/c1-10-13-4-3-5-14(18)16(13)21-15(10)17(20)19-11-6-8-12(22-2)9-7-11/h3-9H,1-2H3,(H,19,20). The van der Waals surface area contributed by atoms with Crippen LogP contribution in [-0.4, -0.2) is 12.2 Å². The summed E-state index contributed by atoms with van der Waals surface area (Å²) in [5.41, 5.74) is 2.06. The number of para-hydroxylation sites is 1. The Bertz CT molecular complexity index is 840. The summed E-state index contributed by atoms with van der Waals surface area (Å²) in [7, 11) is 0. The molecular formula is C17H14ClNO2S. The Morgan fingerprint density at radius 1 is 1.18 bits per heavy atom. The van der Waals surface area contributed by atoms with Crippen LogP contribution in [-0.2, 0) is 0 Å². The summed E-state index contributed by atoms with van der Waals surface area (Å²) >= 11 is 7.77. The van der Waals surface area contributed by atoms with Gasteiger partial charge >= 0.3 is 0 Å². The molecule has 0 radical (unpaired) electrons. The summed E-state index contributed by atoms with van der Waals surface area (Å²) < 4.78 is 5.66. The van der Waals surface area contributed by atoms with Crippen molar-refractivity contribution in [1.29, 1.82) is 0 Å². The molecule has 0 aliphatic heterocycles. The number of hydrogen-bond donors (Lipinski definition) is 1. The Morgan fingerprint density at radius 2 is 1.91 bits per heavy atom. The van der Waals surface area contributed by atoms with Crippen LogP contribution in [0, 0.1) is 6.92 Å². The summed E-state index contributed by atoms with van der Waals surface area (Å²) in [5.74, 6) is 0.0127. The predicted molar refractivity (Wildman–Crippen MR) is 92.1 cm³/mol. The average Bonchev–Trinajstić information content (AvgIpc) is 2.87. The van der Waals surface area contributed by atoms with Gasteiger partial charge in [-0.05, 0) is 43.5 Å². The van der Waals surface area contributed by atoms with Crippen LogP contribution in [0.25, 0.3) is 11.0 Å². The van der Waals surface area contributed by atoms with Crippen LogP contribution in [0.3, 0.4) is 0 Å². The topological polar surface area (TPSA) is 42.2 Å². The second-order valence-corrected chi connectivity index (χ2v) is 6.14. The molecule has 0 bridgehead atoms. The number of nitrogens with one attached hydrogen (secondary N) is 1. The van der Waals surface area contributed by atoms with Crippen molar-refractivity contribution < 1.29 is 9.21 Å². The molecule has 0 spiro atoms. The first kappa shape index (κ1) is 15.0. The minimum Gasteiger partial charge on any atom is -0.449 e. The SMILES string of the molecule is CSc1ccc(NC(=O)c2oc3c(Cl)cccc3c2C)cc1. The molecular weight excluding hydrogens is 318 g/mol. The normalized spacial score (nSPS) is 10.9. The highest BCUT2D eigenvalue weighted by molar-refractivity contribution is 7.98. The number of hydrogen-bond acceptors (Lipinski definition) is 3. The third-order valence-corrected chi connectivity index (χ3v) is 4.51. The van der Waals surface area contributed by atoms with E-state index in [-0.39, 0.29) is 11.7 Å². The summed E-state index contributed by atoms with van der Waals surface area (Å²) in [6.07, 6.45) is 2.01. The Hall–Kier alpha value is -1.91. The second kappa shape index (κ2) is 6.07. The molecule has 3 rings (SSSR count). The van der Waals surface area contributed by atoms with Gasteiger partial charge in [-0.3, -0.25) is 4.79 Å². The monoisotopic (exact) mass is 331 g/mol. The maximum atomic E-state index is 12.4.